The maximum Gasteiger partial charge on any atom is 0.678 e. The van der Waals surface area contributed by atoms with E-state index in [0.717, 1.165) is 54.4 Å². The highest BCUT2D eigenvalue weighted by atomic mass is 19.2. The van der Waals surface area contributed by atoms with Gasteiger partial charge in [-0.25, -0.2) is 4.99 Å². The standard InChI is InChI=1S/C33H25BF2N2/c1-22-17-18-26(19-23(22)2)33-28-16-10-9-15-27(28)32(38(33)34(35)36)21-31-29(24-11-5-3-6-12-24)20-30(37-31)25-13-7-4-8-14-25/h3-21H,1-2H3/b31-21-. The molecule has 5 aromatic rings. The van der Waals surface area contributed by atoms with Crippen LogP contribution in [0.1, 0.15) is 27.9 Å². The van der Waals surface area contributed by atoms with E-state index in [4.69, 9.17) is 4.99 Å². The molecule has 0 amide bonds. The summed E-state index contributed by atoms with van der Waals surface area (Å²) in [6.45, 7) is 4.04. The van der Waals surface area contributed by atoms with Crippen molar-refractivity contribution in [3.8, 4) is 11.3 Å². The Kier molecular flexibility index (Phi) is 6.12. The molecule has 0 fully saturated rings. The van der Waals surface area contributed by atoms with Gasteiger partial charge in [-0.15, -0.1) is 0 Å². The zero-order valence-electron chi connectivity index (χ0n) is 21.2. The highest BCUT2D eigenvalue weighted by Crippen LogP contribution is 2.39. The molecule has 1 aliphatic heterocycles. The van der Waals surface area contributed by atoms with Crippen molar-refractivity contribution in [3.63, 3.8) is 0 Å². The largest absolute Gasteiger partial charge is 0.678 e. The number of aromatic nitrogens is 1. The van der Waals surface area contributed by atoms with Gasteiger partial charge in [0.25, 0.3) is 0 Å². The number of allylic oxidation sites excluding steroid dienone is 2. The fourth-order valence-corrected chi connectivity index (χ4v) is 5.10. The minimum atomic E-state index is -2.73. The molecule has 5 heteroatoms. The van der Waals surface area contributed by atoms with Crippen molar-refractivity contribution in [2.75, 3.05) is 0 Å². The molecule has 0 bridgehead atoms. The summed E-state index contributed by atoms with van der Waals surface area (Å²) in [5.74, 6) is 0. The molecule has 2 nitrogen and oxygen atoms in total. The van der Waals surface area contributed by atoms with Gasteiger partial charge in [-0.05, 0) is 54.3 Å². The first-order chi connectivity index (χ1) is 18.5. The first-order valence-electron chi connectivity index (χ1n) is 12.6. The van der Waals surface area contributed by atoms with Crippen LogP contribution in [-0.4, -0.2) is 17.6 Å². The maximum atomic E-state index is 14.9. The molecule has 1 aromatic heterocycles. The van der Waals surface area contributed by atoms with Crippen LogP contribution >= 0.6 is 0 Å². The van der Waals surface area contributed by atoms with Gasteiger partial charge in [-0.2, -0.15) is 0 Å². The summed E-state index contributed by atoms with van der Waals surface area (Å²) in [6, 6.07) is 33.4. The number of hydrogen-bond acceptors (Lipinski definition) is 1. The Morgan fingerprint density at radius 2 is 1.32 bits per heavy atom. The summed E-state index contributed by atoms with van der Waals surface area (Å²) in [4.78, 5) is 4.95. The van der Waals surface area contributed by atoms with Crippen LogP contribution in [0.3, 0.4) is 0 Å². The Hall–Kier alpha value is -4.51. The molecule has 0 N–H and O–H groups in total. The van der Waals surface area contributed by atoms with Crippen LogP contribution in [-0.2, 0) is 0 Å². The number of halogens is 2. The Morgan fingerprint density at radius 1 is 0.684 bits per heavy atom. The third-order valence-corrected chi connectivity index (χ3v) is 7.16. The van der Waals surface area contributed by atoms with Crippen LogP contribution < -0.4 is 0 Å². The summed E-state index contributed by atoms with van der Waals surface area (Å²) >= 11 is 0. The van der Waals surface area contributed by atoms with E-state index in [9.17, 15) is 8.63 Å². The van der Waals surface area contributed by atoms with E-state index in [0.29, 0.717) is 17.1 Å². The van der Waals surface area contributed by atoms with Crippen molar-refractivity contribution in [2.45, 2.75) is 13.8 Å². The van der Waals surface area contributed by atoms with Gasteiger partial charge in [-0.1, -0.05) is 97.1 Å². The van der Waals surface area contributed by atoms with E-state index in [2.05, 4.69) is 0 Å². The molecule has 0 aliphatic carbocycles. The van der Waals surface area contributed by atoms with E-state index in [1.807, 2.05) is 129 Å². The van der Waals surface area contributed by atoms with Gasteiger partial charge in [0.15, 0.2) is 0 Å². The molecule has 38 heavy (non-hydrogen) atoms. The molecule has 6 rings (SSSR count). The smallest absolute Gasteiger partial charge is 0.324 e. The van der Waals surface area contributed by atoms with E-state index in [1.54, 1.807) is 0 Å². The van der Waals surface area contributed by atoms with Crippen LogP contribution in [0.15, 0.2) is 120 Å². The van der Waals surface area contributed by atoms with Crippen molar-refractivity contribution in [1.82, 2.24) is 4.48 Å². The van der Waals surface area contributed by atoms with Crippen molar-refractivity contribution in [2.24, 2.45) is 4.99 Å². The number of rotatable bonds is 5. The van der Waals surface area contributed by atoms with Crippen LogP contribution in [0.5, 0.6) is 0 Å². The van der Waals surface area contributed by atoms with Crippen LogP contribution in [0.25, 0.3) is 33.7 Å². The predicted molar refractivity (Wildman–Crippen MR) is 156 cm³/mol. The maximum absolute atomic E-state index is 14.9. The molecule has 2 heterocycles. The third-order valence-electron chi connectivity index (χ3n) is 7.16. The van der Waals surface area contributed by atoms with Crippen LogP contribution in [0.2, 0.25) is 0 Å². The molecule has 0 saturated carbocycles. The monoisotopic (exact) mass is 498 g/mol. The minimum absolute atomic E-state index is 0.443. The summed E-state index contributed by atoms with van der Waals surface area (Å²) in [5.41, 5.74) is 8.27. The minimum Gasteiger partial charge on any atom is -0.324 e. The number of benzene rings is 4. The van der Waals surface area contributed by atoms with Gasteiger partial charge in [0.1, 0.15) is 0 Å². The lowest BCUT2D eigenvalue weighted by molar-refractivity contribution is 0.631. The molecule has 1 aliphatic rings. The third kappa shape index (κ3) is 4.20. The second-order valence-electron chi connectivity index (χ2n) is 9.54. The Bertz CT molecular complexity index is 1750. The number of aryl methyl sites for hydroxylation is 2. The summed E-state index contributed by atoms with van der Waals surface area (Å²) in [6.07, 6.45) is 3.85. The quantitative estimate of drug-likeness (QED) is 0.216. The summed E-state index contributed by atoms with van der Waals surface area (Å²) < 4.78 is 31.0. The number of fused-ring (bicyclic) bond motifs is 1. The van der Waals surface area contributed by atoms with E-state index >= 15 is 0 Å². The first-order valence-corrected chi connectivity index (χ1v) is 12.6. The van der Waals surface area contributed by atoms with Crippen molar-refractivity contribution in [1.29, 1.82) is 0 Å². The fraction of sp³-hybridized carbons (Fsp3) is 0.0606. The van der Waals surface area contributed by atoms with Crippen LogP contribution in [0.4, 0.5) is 8.63 Å². The van der Waals surface area contributed by atoms with Crippen molar-refractivity contribution >= 4 is 35.5 Å². The molecule has 4 aromatic carbocycles. The zero-order chi connectivity index (χ0) is 26.2. The lowest BCUT2D eigenvalue weighted by Gasteiger charge is -2.12. The molecular formula is C33H25BF2N2. The predicted octanol–water partition coefficient (Wildman–Crippen LogP) is 8.62. The highest BCUT2D eigenvalue weighted by Gasteiger charge is 2.29. The van der Waals surface area contributed by atoms with Gasteiger partial charge >= 0.3 is 7.40 Å². The van der Waals surface area contributed by atoms with E-state index < -0.39 is 7.40 Å². The Labute approximate surface area is 221 Å². The lowest BCUT2D eigenvalue weighted by Crippen LogP contribution is -2.16. The van der Waals surface area contributed by atoms with Crippen molar-refractivity contribution < 1.29 is 8.63 Å². The molecule has 0 saturated heterocycles. The van der Waals surface area contributed by atoms with Crippen molar-refractivity contribution in [3.05, 3.63) is 143 Å². The van der Waals surface area contributed by atoms with E-state index in [1.165, 1.54) is 0 Å². The Morgan fingerprint density at radius 3 is 1.97 bits per heavy atom. The number of nitrogens with zero attached hydrogens (tertiary/aromatic N) is 2. The topological polar surface area (TPSA) is 17.3 Å². The van der Waals surface area contributed by atoms with Gasteiger partial charge in [-0.3, -0.25) is 8.63 Å². The Balaban J connectivity index is 1.62. The van der Waals surface area contributed by atoms with E-state index in [-0.39, 0.29) is 0 Å². The number of hydrogen-bond donors (Lipinski definition) is 0. The SMILES string of the molecule is Cc1ccc(-c2c3ccccc3c(/C=C3\N=C(c4ccccc4)C=C3c3ccccc3)n2B(F)F)cc1C. The molecule has 184 valence electrons. The first kappa shape index (κ1) is 23.9. The van der Waals surface area contributed by atoms with Gasteiger partial charge in [0.05, 0.1) is 11.4 Å². The second-order valence-corrected chi connectivity index (χ2v) is 9.54. The summed E-state index contributed by atoms with van der Waals surface area (Å²) in [7, 11) is -2.73. The van der Waals surface area contributed by atoms with Gasteiger partial charge in [0.2, 0.25) is 0 Å². The molecule has 0 atom stereocenters. The molecule has 0 unspecified atom stereocenters. The second kappa shape index (κ2) is 9.75. The highest BCUT2D eigenvalue weighted by molar-refractivity contribution is 6.43. The molecule has 0 spiro atoms. The lowest BCUT2D eigenvalue weighted by atomic mass is 10.0. The average molecular weight is 498 g/mol. The van der Waals surface area contributed by atoms with Gasteiger partial charge in [0, 0.05) is 33.3 Å². The van der Waals surface area contributed by atoms with Crippen LogP contribution in [0, 0.1) is 13.8 Å². The molecule has 0 radical (unpaired) electrons. The normalized spacial score (nSPS) is 14.2. The zero-order valence-corrected chi connectivity index (χ0v) is 21.2. The molecular weight excluding hydrogens is 473 g/mol. The fourth-order valence-electron chi connectivity index (χ4n) is 5.10. The van der Waals surface area contributed by atoms with Gasteiger partial charge < -0.3 is 4.48 Å². The number of aliphatic imine (C=N–C) groups is 1. The average Bonchev–Trinajstić information content (AvgIpc) is 3.51. The summed E-state index contributed by atoms with van der Waals surface area (Å²) in [5, 5.41) is 1.56.